The van der Waals surface area contributed by atoms with Crippen LogP contribution in [0.1, 0.15) is 57.4 Å². The van der Waals surface area contributed by atoms with E-state index >= 15 is 0 Å². The molecule has 0 amide bonds. The topological polar surface area (TPSA) is 96.8 Å². The van der Waals surface area contributed by atoms with Crippen molar-refractivity contribution in [2.45, 2.75) is 63.6 Å². The van der Waals surface area contributed by atoms with E-state index in [2.05, 4.69) is 5.16 Å². The Bertz CT molecular complexity index is 1350. The van der Waals surface area contributed by atoms with Gasteiger partial charge in [-0.3, -0.25) is 9.13 Å². The van der Waals surface area contributed by atoms with Gasteiger partial charge in [-0.15, -0.1) is 0 Å². The number of halogens is 2. The summed E-state index contributed by atoms with van der Waals surface area (Å²) < 4.78 is 23.4. The van der Waals surface area contributed by atoms with Gasteiger partial charge in [0.1, 0.15) is 11.9 Å². The Morgan fingerprint density at radius 2 is 1.83 bits per heavy atom. The zero-order chi connectivity index (χ0) is 25.5. The van der Waals surface area contributed by atoms with Crippen LogP contribution in [0.4, 0.5) is 4.39 Å². The number of hydrogen-bond donors (Lipinski definition) is 0. The molecule has 1 unspecified atom stereocenters. The lowest BCUT2D eigenvalue weighted by Gasteiger charge is -2.32. The third-order valence-corrected chi connectivity index (χ3v) is 7.43. The van der Waals surface area contributed by atoms with Crippen LogP contribution >= 0.6 is 23.8 Å². The molecule has 0 spiro atoms. The molecular weight excluding hydrogens is 499 g/mol. The summed E-state index contributed by atoms with van der Waals surface area (Å²) in [6, 6.07) is 2.28. The molecule has 1 aromatic heterocycles. The molecule has 0 saturated heterocycles. The molecule has 0 radical (unpaired) electrons. The van der Waals surface area contributed by atoms with Crippen LogP contribution in [0, 0.1) is 10.6 Å². The number of benzene rings is 1. The summed E-state index contributed by atoms with van der Waals surface area (Å²) >= 11 is 11.4. The molecule has 0 N–H and O–H groups in total. The number of nitrogens with zero attached hydrogens (tertiary/aromatic N) is 4. The SMILES string of the molecule is Cn1c(=S)n(C)c(=O)n(-c2cc(C3=NOC(C)(C(=O)OC4CCCCC4)CC3)c(Cl)cc2F)c1=O. The summed E-state index contributed by atoms with van der Waals surface area (Å²) in [6.07, 6.45) is 5.32. The van der Waals surface area contributed by atoms with E-state index in [9.17, 15) is 18.8 Å². The van der Waals surface area contributed by atoms with Crippen molar-refractivity contribution in [3.8, 4) is 5.69 Å². The quantitative estimate of drug-likeness (QED) is 0.448. The Morgan fingerprint density at radius 1 is 1.20 bits per heavy atom. The molecule has 9 nitrogen and oxygen atoms in total. The summed E-state index contributed by atoms with van der Waals surface area (Å²) in [5.74, 6) is -1.34. The second-order valence-electron chi connectivity index (χ2n) is 9.11. The molecule has 4 rings (SSSR count). The lowest BCUT2D eigenvalue weighted by atomic mass is 9.93. The van der Waals surface area contributed by atoms with Crippen LogP contribution < -0.4 is 11.4 Å². The highest BCUT2D eigenvalue weighted by molar-refractivity contribution is 7.71. The molecule has 2 aromatic rings. The van der Waals surface area contributed by atoms with Crippen LogP contribution in [0.5, 0.6) is 0 Å². The summed E-state index contributed by atoms with van der Waals surface area (Å²) in [5, 5.41) is 4.13. The maximum absolute atomic E-state index is 14.9. The fraction of sp³-hybridized carbons (Fsp3) is 0.522. The van der Waals surface area contributed by atoms with Gasteiger partial charge in [0.15, 0.2) is 4.77 Å². The molecule has 1 fully saturated rings. The minimum absolute atomic E-state index is 0.00435. The van der Waals surface area contributed by atoms with E-state index in [4.69, 9.17) is 33.4 Å². The predicted octanol–water partition coefficient (Wildman–Crippen LogP) is 3.55. The van der Waals surface area contributed by atoms with Gasteiger partial charge in [0.2, 0.25) is 5.60 Å². The van der Waals surface area contributed by atoms with Crippen LogP contribution in [-0.4, -0.2) is 37.1 Å². The zero-order valence-electron chi connectivity index (χ0n) is 19.7. The number of esters is 1. The van der Waals surface area contributed by atoms with Gasteiger partial charge in [-0.05, 0) is 63.4 Å². The fourth-order valence-corrected chi connectivity index (χ4v) is 4.71. The van der Waals surface area contributed by atoms with Gasteiger partial charge in [-0.1, -0.05) is 23.2 Å². The maximum Gasteiger partial charge on any atom is 0.353 e. The molecule has 1 aliphatic carbocycles. The Kier molecular flexibility index (Phi) is 7.01. The largest absolute Gasteiger partial charge is 0.459 e. The first-order valence-electron chi connectivity index (χ1n) is 11.4. The Morgan fingerprint density at radius 3 is 2.40 bits per heavy atom. The molecule has 1 aliphatic heterocycles. The standard InChI is InChI=1S/C23H26ClFN4O5S/c1-23(19(30)33-13-7-5-4-6-8-13)10-9-17(26-34-23)14-11-18(16(25)12-15(14)24)29-20(31)27(2)22(35)28(3)21(29)32/h11-13H,4-10H2,1-3H3. The molecule has 0 bridgehead atoms. The van der Waals surface area contributed by atoms with Crippen molar-refractivity contribution in [1.29, 1.82) is 0 Å². The first-order valence-corrected chi connectivity index (χ1v) is 12.2. The van der Waals surface area contributed by atoms with E-state index in [-0.39, 0.29) is 40.0 Å². The minimum Gasteiger partial charge on any atom is -0.459 e. The Labute approximate surface area is 210 Å². The highest BCUT2D eigenvalue weighted by Crippen LogP contribution is 2.32. The van der Waals surface area contributed by atoms with Crippen molar-refractivity contribution in [2.75, 3.05) is 0 Å². The highest BCUT2D eigenvalue weighted by Gasteiger charge is 2.42. The van der Waals surface area contributed by atoms with Crippen LogP contribution in [0.25, 0.3) is 5.69 Å². The van der Waals surface area contributed by atoms with Crippen molar-refractivity contribution in [3.63, 3.8) is 0 Å². The minimum atomic E-state index is -1.25. The number of oxime groups is 1. The first kappa shape index (κ1) is 25.3. The Balaban J connectivity index is 1.66. The number of carbonyl (C=O) groups is 1. The normalized spacial score (nSPS) is 20.8. The van der Waals surface area contributed by atoms with Gasteiger partial charge >= 0.3 is 17.3 Å². The third kappa shape index (κ3) is 4.71. The van der Waals surface area contributed by atoms with Crippen LogP contribution in [0.15, 0.2) is 26.9 Å². The average Bonchev–Trinajstić information content (AvgIpc) is 2.84. The molecule has 1 aromatic carbocycles. The number of rotatable bonds is 4. The zero-order valence-corrected chi connectivity index (χ0v) is 21.2. The van der Waals surface area contributed by atoms with E-state index < -0.39 is 28.8 Å². The summed E-state index contributed by atoms with van der Waals surface area (Å²) in [5.41, 5.74) is -2.52. The molecular formula is C23H26ClFN4O5S. The van der Waals surface area contributed by atoms with E-state index in [1.54, 1.807) is 6.92 Å². The van der Waals surface area contributed by atoms with E-state index in [1.807, 2.05) is 0 Å². The van der Waals surface area contributed by atoms with E-state index in [0.29, 0.717) is 10.3 Å². The molecule has 2 heterocycles. The van der Waals surface area contributed by atoms with Crippen molar-refractivity contribution >= 4 is 35.5 Å². The van der Waals surface area contributed by atoms with Gasteiger partial charge in [-0.25, -0.2) is 23.3 Å². The lowest BCUT2D eigenvalue weighted by molar-refractivity contribution is -0.179. The summed E-state index contributed by atoms with van der Waals surface area (Å²) in [7, 11) is 2.78. The van der Waals surface area contributed by atoms with Crippen molar-refractivity contribution in [2.24, 2.45) is 19.3 Å². The maximum atomic E-state index is 14.9. The van der Waals surface area contributed by atoms with E-state index in [1.165, 1.54) is 20.2 Å². The van der Waals surface area contributed by atoms with Gasteiger partial charge in [0.05, 0.1) is 16.4 Å². The molecule has 1 saturated carbocycles. The number of carbonyl (C=O) groups excluding carboxylic acids is 1. The molecule has 188 valence electrons. The van der Waals surface area contributed by atoms with Gasteiger partial charge in [-0.2, -0.15) is 0 Å². The second-order valence-corrected chi connectivity index (χ2v) is 9.88. The van der Waals surface area contributed by atoms with Crippen molar-refractivity contribution in [3.05, 3.63) is 54.3 Å². The average molecular weight is 525 g/mol. The smallest absolute Gasteiger partial charge is 0.353 e. The molecule has 1 atom stereocenters. The fourth-order valence-electron chi connectivity index (χ4n) is 4.29. The highest BCUT2D eigenvalue weighted by atomic mass is 35.5. The molecule has 2 aliphatic rings. The summed E-state index contributed by atoms with van der Waals surface area (Å²) in [6.45, 7) is 1.62. The monoisotopic (exact) mass is 524 g/mol. The van der Waals surface area contributed by atoms with Crippen LogP contribution in [0.2, 0.25) is 5.02 Å². The Hall–Kier alpha value is -2.79. The number of aromatic nitrogens is 3. The van der Waals surface area contributed by atoms with Crippen LogP contribution in [0.3, 0.4) is 0 Å². The first-order chi connectivity index (χ1) is 16.5. The molecule has 12 heteroatoms. The number of ether oxygens (including phenoxy) is 1. The van der Waals surface area contributed by atoms with Crippen molar-refractivity contribution < 1.29 is 18.8 Å². The second kappa shape index (κ2) is 9.69. The molecule has 35 heavy (non-hydrogen) atoms. The lowest BCUT2D eigenvalue weighted by Crippen LogP contribution is -2.44. The van der Waals surface area contributed by atoms with Crippen molar-refractivity contribution in [1.82, 2.24) is 13.7 Å². The van der Waals surface area contributed by atoms with Gasteiger partial charge < -0.3 is 9.57 Å². The predicted molar refractivity (Wildman–Crippen MR) is 130 cm³/mol. The number of hydrogen-bond acceptors (Lipinski definition) is 7. The van der Waals surface area contributed by atoms with Crippen LogP contribution in [-0.2, 0) is 28.5 Å². The van der Waals surface area contributed by atoms with E-state index in [0.717, 1.165) is 47.3 Å². The third-order valence-electron chi connectivity index (χ3n) is 6.57. The summed E-state index contributed by atoms with van der Waals surface area (Å²) in [4.78, 5) is 43.8. The van der Waals surface area contributed by atoms with Gasteiger partial charge in [0, 0.05) is 26.1 Å². The van der Waals surface area contributed by atoms with Gasteiger partial charge in [0.25, 0.3) is 0 Å².